The predicted molar refractivity (Wildman–Crippen MR) is 163 cm³/mol. The normalized spacial score (nSPS) is 23.7. The van der Waals surface area contributed by atoms with E-state index < -0.39 is 35.4 Å². The Morgan fingerprint density at radius 2 is 1.58 bits per heavy atom. The van der Waals surface area contributed by atoms with Crippen molar-refractivity contribution in [2.24, 2.45) is 5.73 Å². The summed E-state index contributed by atoms with van der Waals surface area (Å²) in [4.78, 5) is 28.7. The number of ether oxygens (including phenoxy) is 1. The second-order valence-electron chi connectivity index (χ2n) is 12.1. The molecular weight excluding hydrogens is 620 g/mol. The summed E-state index contributed by atoms with van der Waals surface area (Å²) in [7, 11) is 0. The van der Waals surface area contributed by atoms with Crippen LogP contribution in [0.3, 0.4) is 0 Å². The number of amides is 2. The zero-order valence-corrected chi connectivity index (χ0v) is 25.3. The van der Waals surface area contributed by atoms with E-state index in [9.17, 15) is 14.7 Å². The highest BCUT2D eigenvalue weighted by atomic mass is 79.9. The van der Waals surface area contributed by atoms with Gasteiger partial charge in [-0.15, -0.1) is 0 Å². The Kier molecular flexibility index (Phi) is 8.45. The van der Waals surface area contributed by atoms with Gasteiger partial charge in [-0.25, -0.2) is 0 Å². The van der Waals surface area contributed by atoms with Crippen LogP contribution in [-0.2, 0) is 15.5 Å². The first-order chi connectivity index (χ1) is 20.6. The molecule has 2 heterocycles. The summed E-state index contributed by atoms with van der Waals surface area (Å²) in [5.74, 6) is -4.92. The van der Waals surface area contributed by atoms with Gasteiger partial charge < -0.3 is 25.8 Å². The molecule has 4 atom stereocenters. The average molecular weight is 657 g/mol. The molecule has 2 amide bonds. The largest absolute Gasteiger partial charge is 0.490 e. The highest BCUT2D eigenvalue weighted by Crippen LogP contribution is 2.40. The van der Waals surface area contributed by atoms with E-state index in [4.69, 9.17) is 10.5 Å². The molecule has 6 rings (SSSR count). The molecule has 0 spiro atoms. The van der Waals surface area contributed by atoms with Crippen molar-refractivity contribution < 1.29 is 28.2 Å². The van der Waals surface area contributed by atoms with Gasteiger partial charge in [0.1, 0.15) is 5.75 Å². The number of carbonyl (C=O) groups is 2. The Bertz CT molecular complexity index is 1480. The number of fused-ring (bicyclic) bond motifs is 3. The number of piperidine rings is 1. The molecule has 4 unspecified atom stereocenters. The maximum atomic E-state index is 16.1. The zero-order chi connectivity index (χ0) is 30.3. The number of nitrogens with zero attached hydrogens (tertiary/aromatic N) is 1. The number of alkyl halides is 2. The first kappa shape index (κ1) is 30.0. The lowest BCUT2D eigenvalue weighted by Crippen LogP contribution is -2.61. The molecule has 3 aromatic carbocycles. The van der Waals surface area contributed by atoms with E-state index in [-0.39, 0.29) is 29.8 Å². The molecule has 3 aromatic rings. The Labute approximate surface area is 257 Å². The Hall–Kier alpha value is -3.08. The monoisotopic (exact) mass is 655 g/mol. The average Bonchev–Trinajstić information content (AvgIpc) is 3.60. The molecule has 1 aliphatic carbocycles. The minimum absolute atomic E-state index is 0.0957. The molecule has 2 aliphatic heterocycles. The number of hydrogen-bond acceptors (Lipinski definition) is 5. The van der Waals surface area contributed by atoms with Crippen molar-refractivity contribution in [3.63, 3.8) is 0 Å². The van der Waals surface area contributed by atoms with E-state index in [0.717, 1.165) is 42.2 Å². The first-order valence-electron chi connectivity index (χ1n) is 15.0. The molecule has 4 N–H and O–H groups in total. The Balaban J connectivity index is 1.24. The zero-order valence-electron chi connectivity index (χ0n) is 23.7. The van der Waals surface area contributed by atoms with Gasteiger partial charge in [0.2, 0.25) is 0 Å². The van der Waals surface area contributed by atoms with Crippen molar-refractivity contribution in [2.75, 3.05) is 0 Å². The predicted octanol–water partition coefficient (Wildman–Crippen LogP) is 5.71. The topological polar surface area (TPSA) is 105 Å². The van der Waals surface area contributed by atoms with Gasteiger partial charge in [-0.2, -0.15) is 8.78 Å². The lowest BCUT2D eigenvalue weighted by atomic mass is 9.94. The molecule has 1 saturated carbocycles. The van der Waals surface area contributed by atoms with Crippen LogP contribution < -0.4 is 15.8 Å². The number of halogens is 3. The van der Waals surface area contributed by atoms with Crippen molar-refractivity contribution in [3.8, 4) is 5.75 Å². The number of aliphatic hydroxyl groups is 1. The lowest BCUT2D eigenvalue weighted by Gasteiger charge is -2.41. The van der Waals surface area contributed by atoms with Crippen LogP contribution in [-0.4, -0.2) is 52.1 Å². The van der Waals surface area contributed by atoms with Crippen LogP contribution in [0.15, 0.2) is 65.1 Å². The standard InChI is InChI=1S/C33H36BrF2N3O4/c34-23-10-8-22(9-11-23)33(35,36)30(32(42)39-25-12-13-26(39)18-24(37)17-25)38-31(41)29(40)21-6-5-20-16-28(14-7-19(20)15-21)43-27-3-1-2-4-27/h5-11,14-16,24-27,29-30,40H,1-4,12-13,17-18,37H2,(H,38,41). The number of aliphatic hydroxyl groups excluding tert-OH is 1. The molecule has 2 bridgehead atoms. The summed E-state index contributed by atoms with van der Waals surface area (Å²) in [5, 5.41) is 14.9. The fraction of sp³-hybridized carbons (Fsp3) is 0.455. The third-order valence-corrected chi connectivity index (χ3v) is 9.68. The second kappa shape index (κ2) is 12.1. The van der Waals surface area contributed by atoms with Crippen molar-refractivity contribution in [1.82, 2.24) is 10.2 Å². The number of hydrogen-bond donors (Lipinski definition) is 3. The van der Waals surface area contributed by atoms with Crippen LogP contribution in [0.2, 0.25) is 0 Å². The molecule has 10 heteroatoms. The molecule has 43 heavy (non-hydrogen) atoms. The molecule has 7 nitrogen and oxygen atoms in total. The van der Waals surface area contributed by atoms with E-state index in [1.165, 1.54) is 29.2 Å². The van der Waals surface area contributed by atoms with Gasteiger partial charge in [0.05, 0.1) is 6.10 Å². The van der Waals surface area contributed by atoms with E-state index in [2.05, 4.69) is 21.2 Å². The maximum absolute atomic E-state index is 16.1. The molecule has 2 saturated heterocycles. The van der Waals surface area contributed by atoms with Gasteiger partial charge in [0.15, 0.2) is 12.1 Å². The van der Waals surface area contributed by atoms with Crippen molar-refractivity contribution in [2.45, 2.75) is 93.7 Å². The SMILES string of the molecule is NC1CC2CCC(C1)N2C(=O)C(NC(=O)C(O)c1ccc2cc(OC3CCCC3)ccc2c1)C(F)(F)c1ccc(Br)cc1. The van der Waals surface area contributed by atoms with Crippen molar-refractivity contribution >= 4 is 38.5 Å². The van der Waals surface area contributed by atoms with Gasteiger partial charge in [0.25, 0.3) is 11.8 Å². The summed E-state index contributed by atoms with van der Waals surface area (Å²) < 4.78 is 39.0. The summed E-state index contributed by atoms with van der Waals surface area (Å²) in [6, 6.07) is 13.2. The second-order valence-corrected chi connectivity index (χ2v) is 13.0. The minimum Gasteiger partial charge on any atom is -0.490 e. The van der Waals surface area contributed by atoms with E-state index >= 15 is 8.78 Å². The number of benzene rings is 3. The highest BCUT2D eigenvalue weighted by molar-refractivity contribution is 9.10. The summed E-state index contributed by atoms with van der Waals surface area (Å²) in [5.41, 5.74) is 5.98. The van der Waals surface area contributed by atoms with Gasteiger partial charge in [-0.1, -0.05) is 46.3 Å². The number of nitrogens with two attached hydrogens (primary N) is 1. The number of carbonyl (C=O) groups excluding carboxylic acids is 2. The van der Waals surface area contributed by atoms with Crippen LogP contribution in [0.5, 0.6) is 5.75 Å². The van der Waals surface area contributed by atoms with Crippen LogP contribution in [0.1, 0.15) is 68.6 Å². The van der Waals surface area contributed by atoms with Crippen LogP contribution in [0.25, 0.3) is 10.8 Å². The van der Waals surface area contributed by atoms with Crippen molar-refractivity contribution in [3.05, 3.63) is 76.3 Å². The van der Waals surface area contributed by atoms with Gasteiger partial charge in [0, 0.05) is 28.2 Å². The van der Waals surface area contributed by atoms with Gasteiger partial charge >= 0.3 is 5.92 Å². The quantitative estimate of drug-likeness (QED) is 0.288. The van der Waals surface area contributed by atoms with Crippen LogP contribution in [0.4, 0.5) is 8.78 Å². The van der Waals surface area contributed by atoms with Crippen LogP contribution >= 0.6 is 15.9 Å². The smallest absolute Gasteiger partial charge is 0.302 e. The maximum Gasteiger partial charge on any atom is 0.302 e. The fourth-order valence-corrected chi connectivity index (χ4v) is 7.20. The van der Waals surface area contributed by atoms with E-state index in [1.807, 2.05) is 18.2 Å². The molecule has 3 fully saturated rings. The lowest BCUT2D eigenvalue weighted by molar-refractivity contribution is -0.155. The molecule has 228 valence electrons. The number of rotatable bonds is 8. The molecule has 3 aliphatic rings. The summed E-state index contributed by atoms with van der Waals surface area (Å²) in [6.45, 7) is 0. The van der Waals surface area contributed by atoms with Crippen LogP contribution in [0, 0.1) is 0 Å². The third kappa shape index (κ3) is 6.14. The highest BCUT2D eigenvalue weighted by Gasteiger charge is 2.53. The first-order valence-corrected chi connectivity index (χ1v) is 15.8. The Morgan fingerprint density at radius 1 is 0.953 bits per heavy atom. The number of nitrogens with one attached hydrogen (secondary N) is 1. The van der Waals surface area contributed by atoms with E-state index in [0.29, 0.717) is 30.2 Å². The summed E-state index contributed by atoms with van der Waals surface area (Å²) in [6.07, 6.45) is 5.27. The Morgan fingerprint density at radius 3 is 2.26 bits per heavy atom. The fourth-order valence-electron chi connectivity index (χ4n) is 6.93. The molecular formula is C33H36BrF2N3O4. The molecule has 0 aromatic heterocycles. The van der Waals surface area contributed by atoms with Crippen molar-refractivity contribution in [1.29, 1.82) is 0 Å². The molecule has 0 radical (unpaired) electrons. The summed E-state index contributed by atoms with van der Waals surface area (Å²) >= 11 is 3.25. The minimum atomic E-state index is -3.74. The third-order valence-electron chi connectivity index (χ3n) is 9.15. The van der Waals surface area contributed by atoms with Gasteiger partial charge in [-0.3, -0.25) is 9.59 Å². The van der Waals surface area contributed by atoms with E-state index in [1.54, 1.807) is 18.2 Å². The van der Waals surface area contributed by atoms with Gasteiger partial charge in [-0.05, 0) is 98.0 Å².